The SMILES string of the molecule is CCO[Si](CCCCOCCOCCOCCNC(=O)O)(OCC)OCC. The summed E-state index contributed by atoms with van der Waals surface area (Å²) in [6.45, 7) is 10.9. The van der Waals surface area contributed by atoms with Crippen molar-refractivity contribution in [3.05, 3.63) is 0 Å². The van der Waals surface area contributed by atoms with E-state index in [1.165, 1.54) is 0 Å². The van der Waals surface area contributed by atoms with Gasteiger partial charge in [-0.3, -0.25) is 0 Å². The molecule has 162 valence electrons. The van der Waals surface area contributed by atoms with Crippen LogP contribution >= 0.6 is 0 Å². The number of hydrogen-bond donors (Lipinski definition) is 2. The van der Waals surface area contributed by atoms with Gasteiger partial charge in [0.25, 0.3) is 0 Å². The van der Waals surface area contributed by atoms with E-state index in [0.717, 1.165) is 18.9 Å². The highest BCUT2D eigenvalue weighted by Gasteiger charge is 2.39. The zero-order chi connectivity index (χ0) is 20.2. The molecule has 0 rings (SSSR count). The average Bonchev–Trinajstić information content (AvgIpc) is 2.62. The Morgan fingerprint density at radius 3 is 1.74 bits per heavy atom. The van der Waals surface area contributed by atoms with Gasteiger partial charge in [0.05, 0.1) is 33.0 Å². The number of amides is 1. The number of rotatable bonds is 20. The van der Waals surface area contributed by atoms with Crippen molar-refractivity contribution in [1.29, 1.82) is 0 Å². The maximum Gasteiger partial charge on any atom is 0.500 e. The van der Waals surface area contributed by atoms with Crippen molar-refractivity contribution in [3.8, 4) is 0 Å². The van der Waals surface area contributed by atoms with Crippen LogP contribution in [-0.4, -0.2) is 86.0 Å². The van der Waals surface area contributed by atoms with Crippen molar-refractivity contribution < 1.29 is 37.4 Å². The molecule has 0 saturated heterocycles. The first-order chi connectivity index (χ1) is 13.1. The number of carbonyl (C=O) groups is 1. The van der Waals surface area contributed by atoms with E-state index in [-0.39, 0.29) is 6.54 Å². The molecule has 10 heteroatoms. The highest BCUT2D eigenvalue weighted by molar-refractivity contribution is 6.60. The fraction of sp³-hybridized carbons (Fsp3) is 0.941. The molecule has 0 fully saturated rings. The van der Waals surface area contributed by atoms with Gasteiger partial charge in [0.15, 0.2) is 0 Å². The number of nitrogens with one attached hydrogen (secondary N) is 1. The second-order valence-corrected chi connectivity index (χ2v) is 8.24. The van der Waals surface area contributed by atoms with Crippen molar-refractivity contribution >= 4 is 14.9 Å². The van der Waals surface area contributed by atoms with E-state index in [0.29, 0.717) is 59.5 Å². The van der Waals surface area contributed by atoms with Gasteiger partial charge in [-0.05, 0) is 33.6 Å². The molecule has 9 nitrogen and oxygen atoms in total. The van der Waals surface area contributed by atoms with Crippen LogP contribution in [0.2, 0.25) is 6.04 Å². The normalized spacial score (nSPS) is 11.7. The first-order valence-electron chi connectivity index (χ1n) is 9.72. The van der Waals surface area contributed by atoms with E-state index in [1.54, 1.807) is 0 Å². The number of unbranched alkanes of at least 4 members (excludes halogenated alkanes) is 1. The smallest absolute Gasteiger partial charge is 0.465 e. The third kappa shape index (κ3) is 16.0. The fourth-order valence-electron chi connectivity index (χ4n) is 2.32. The summed E-state index contributed by atoms with van der Waals surface area (Å²) in [5.74, 6) is 0. The van der Waals surface area contributed by atoms with E-state index < -0.39 is 14.9 Å². The summed E-state index contributed by atoms with van der Waals surface area (Å²) in [6, 6.07) is 0.802. The van der Waals surface area contributed by atoms with Crippen LogP contribution in [-0.2, 0) is 27.5 Å². The van der Waals surface area contributed by atoms with Crippen LogP contribution in [0.1, 0.15) is 33.6 Å². The minimum Gasteiger partial charge on any atom is -0.465 e. The summed E-state index contributed by atoms with van der Waals surface area (Å²) in [6.07, 6.45) is 0.807. The summed E-state index contributed by atoms with van der Waals surface area (Å²) in [7, 11) is -2.53. The molecule has 1 amide bonds. The third-order valence-electron chi connectivity index (χ3n) is 3.38. The molecule has 0 unspecified atom stereocenters. The van der Waals surface area contributed by atoms with Gasteiger partial charge in [-0.2, -0.15) is 0 Å². The lowest BCUT2D eigenvalue weighted by Crippen LogP contribution is -2.45. The highest BCUT2D eigenvalue weighted by atomic mass is 28.4. The molecular weight excluding hydrogens is 374 g/mol. The van der Waals surface area contributed by atoms with E-state index in [4.69, 9.17) is 32.6 Å². The van der Waals surface area contributed by atoms with Gasteiger partial charge in [-0.25, -0.2) is 4.79 Å². The molecule has 0 atom stereocenters. The van der Waals surface area contributed by atoms with Gasteiger partial charge in [-0.1, -0.05) is 0 Å². The summed E-state index contributed by atoms with van der Waals surface area (Å²) in [4.78, 5) is 10.2. The van der Waals surface area contributed by atoms with Crippen molar-refractivity contribution in [2.24, 2.45) is 0 Å². The van der Waals surface area contributed by atoms with E-state index in [2.05, 4.69) is 5.32 Å². The standard InChI is InChI=1S/C17H37NO8Si/c1-4-24-27(25-5-2,26-6-3)16-8-7-10-21-12-14-23-15-13-22-11-9-18-17(19)20/h18H,4-16H2,1-3H3,(H,19,20). The first kappa shape index (κ1) is 26.2. The second-order valence-electron chi connectivity index (χ2n) is 5.51. The van der Waals surface area contributed by atoms with Crippen LogP contribution in [0.25, 0.3) is 0 Å². The Labute approximate surface area is 164 Å². The maximum absolute atomic E-state index is 10.2. The van der Waals surface area contributed by atoms with Gasteiger partial charge < -0.3 is 37.9 Å². The van der Waals surface area contributed by atoms with Crippen molar-refractivity contribution in [1.82, 2.24) is 5.32 Å². The van der Waals surface area contributed by atoms with Gasteiger partial charge in [0.2, 0.25) is 0 Å². The predicted octanol–water partition coefficient (Wildman–Crippen LogP) is 2.13. The molecule has 0 aromatic carbocycles. The Kier molecular flexibility index (Phi) is 18.1. The van der Waals surface area contributed by atoms with E-state index in [9.17, 15) is 4.79 Å². The summed E-state index contributed by atoms with van der Waals surface area (Å²) in [5, 5.41) is 10.6. The van der Waals surface area contributed by atoms with Crippen LogP contribution < -0.4 is 5.32 Å². The van der Waals surface area contributed by atoms with Crippen molar-refractivity contribution in [2.45, 2.75) is 39.7 Å². The Hall–Kier alpha value is -0.753. The lowest BCUT2D eigenvalue weighted by atomic mass is 10.4. The largest absolute Gasteiger partial charge is 0.500 e. The third-order valence-corrected chi connectivity index (χ3v) is 6.53. The molecule has 2 N–H and O–H groups in total. The Morgan fingerprint density at radius 2 is 1.26 bits per heavy atom. The van der Waals surface area contributed by atoms with Crippen LogP contribution in [0.15, 0.2) is 0 Å². The molecule has 0 aliphatic rings. The molecule has 0 aliphatic heterocycles. The van der Waals surface area contributed by atoms with Gasteiger partial charge >= 0.3 is 14.9 Å². The molecule has 27 heavy (non-hydrogen) atoms. The summed E-state index contributed by atoms with van der Waals surface area (Å²) < 4.78 is 33.6. The molecular formula is C17H37NO8Si. The Balaban J connectivity index is 3.53. The Morgan fingerprint density at radius 1 is 0.778 bits per heavy atom. The molecule has 0 spiro atoms. The van der Waals surface area contributed by atoms with E-state index >= 15 is 0 Å². The molecule has 0 radical (unpaired) electrons. The number of ether oxygens (including phenoxy) is 3. The molecule has 0 bridgehead atoms. The van der Waals surface area contributed by atoms with Gasteiger partial charge in [0.1, 0.15) is 0 Å². The first-order valence-corrected chi connectivity index (χ1v) is 11.6. The van der Waals surface area contributed by atoms with Crippen LogP contribution in [0, 0.1) is 0 Å². The van der Waals surface area contributed by atoms with Crippen LogP contribution in [0.3, 0.4) is 0 Å². The van der Waals surface area contributed by atoms with Crippen molar-refractivity contribution in [2.75, 3.05) is 66.0 Å². The number of hydrogen-bond acceptors (Lipinski definition) is 7. The van der Waals surface area contributed by atoms with Crippen LogP contribution in [0.5, 0.6) is 0 Å². The van der Waals surface area contributed by atoms with Crippen molar-refractivity contribution in [3.63, 3.8) is 0 Å². The zero-order valence-electron chi connectivity index (χ0n) is 17.0. The van der Waals surface area contributed by atoms with Gasteiger partial charge in [-0.15, -0.1) is 0 Å². The molecule has 0 aromatic rings. The fourth-order valence-corrected chi connectivity index (χ4v) is 5.00. The summed E-state index contributed by atoms with van der Waals surface area (Å²) >= 11 is 0. The van der Waals surface area contributed by atoms with E-state index in [1.807, 2.05) is 20.8 Å². The lowest BCUT2D eigenvalue weighted by Gasteiger charge is -2.28. The second kappa shape index (κ2) is 18.6. The molecule has 0 aromatic heterocycles. The Bertz CT molecular complexity index is 332. The predicted molar refractivity (Wildman–Crippen MR) is 103 cm³/mol. The highest BCUT2D eigenvalue weighted by Crippen LogP contribution is 2.19. The minimum atomic E-state index is -2.53. The molecule has 0 heterocycles. The quantitative estimate of drug-likeness (QED) is 0.232. The number of carboxylic acid groups (broad SMARTS) is 1. The topological polar surface area (TPSA) is 105 Å². The van der Waals surface area contributed by atoms with Gasteiger partial charge in [0, 0.05) is 39.0 Å². The van der Waals surface area contributed by atoms with Crippen LogP contribution in [0.4, 0.5) is 4.79 Å². The monoisotopic (exact) mass is 411 g/mol. The molecule has 0 aliphatic carbocycles. The minimum absolute atomic E-state index is 0.276. The maximum atomic E-state index is 10.2. The summed E-state index contributed by atoms with van der Waals surface area (Å²) in [5.41, 5.74) is 0. The lowest BCUT2D eigenvalue weighted by molar-refractivity contribution is 0.0144. The average molecular weight is 412 g/mol. The molecule has 0 saturated carbocycles. The zero-order valence-corrected chi connectivity index (χ0v) is 18.0.